The number of anilines is 1. The highest BCUT2D eigenvalue weighted by molar-refractivity contribution is 5.55. The molecule has 138 valence electrons. The van der Waals surface area contributed by atoms with Gasteiger partial charge in [-0.25, -0.2) is 0 Å². The second kappa shape index (κ2) is 6.92. The third-order valence-electron chi connectivity index (χ3n) is 4.93. The highest BCUT2D eigenvalue weighted by Gasteiger charge is 2.22. The topological polar surface area (TPSA) is 63.9 Å². The van der Waals surface area contributed by atoms with E-state index in [0.717, 1.165) is 49.8 Å². The molecule has 1 saturated heterocycles. The third-order valence-corrected chi connectivity index (χ3v) is 4.93. The summed E-state index contributed by atoms with van der Waals surface area (Å²) >= 11 is 0. The lowest BCUT2D eigenvalue weighted by molar-refractivity contribution is 0.174. The molecule has 5 rings (SSSR count). The predicted octanol–water partition coefficient (Wildman–Crippen LogP) is 2.79. The minimum absolute atomic E-state index is 0.312. The quantitative estimate of drug-likeness (QED) is 0.705. The Morgan fingerprint density at radius 3 is 2.56 bits per heavy atom. The second-order valence-electron chi connectivity index (χ2n) is 6.72. The summed E-state index contributed by atoms with van der Waals surface area (Å²) in [5.41, 5.74) is 2.20. The van der Waals surface area contributed by atoms with Gasteiger partial charge in [-0.2, -0.15) is 4.98 Å². The Labute approximate surface area is 157 Å². The number of hydrogen-bond acceptors (Lipinski definition) is 7. The molecule has 1 fully saturated rings. The number of benzene rings is 2. The van der Waals surface area contributed by atoms with Gasteiger partial charge in [0.05, 0.1) is 0 Å². The molecule has 0 saturated carbocycles. The Morgan fingerprint density at radius 2 is 1.70 bits per heavy atom. The molecule has 0 radical (unpaired) electrons. The molecular formula is C20H20N4O3. The molecule has 2 aliphatic heterocycles. The lowest BCUT2D eigenvalue weighted by Crippen LogP contribution is -2.46. The molecule has 0 bridgehead atoms. The third kappa shape index (κ3) is 3.33. The van der Waals surface area contributed by atoms with Crippen molar-refractivity contribution in [2.24, 2.45) is 0 Å². The van der Waals surface area contributed by atoms with Crippen LogP contribution in [0.25, 0.3) is 11.4 Å². The van der Waals surface area contributed by atoms with Crippen molar-refractivity contribution in [2.75, 3.05) is 37.9 Å². The molecule has 3 aromatic rings. The summed E-state index contributed by atoms with van der Waals surface area (Å²) in [5, 5.41) is 4.11. The van der Waals surface area contributed by atoms with Crippen LogP contribution in [0.5, 0.6) is 11.5 Å². The number of rotatable bonds is 4. The number of aromatic nitrogens is 2. The van der Waals surface area contributed by atoms with Crippen LogP contribution in [0.2, 0.25) is 0 Å². The Morgan fingerprint density at radius 1 is 0.889 bits per heavy atom. The standard InChI is InChI=1S/C20H20N4O3/c1-2-4-16(5-3-1)19-21-20(27-22-19)24-10-8-23(9-11-24)13-15-6-7-17-18(12-15)26-14-25-17/h1-7,12H,8-11,13-14H2. The Balaban J connectivity index is 1.20. The number of fused-ring (bicyclic) bond motifs is 1. The Hall–Kier alpha value is -3.06. The maximum atomic E-state index is 5.48. The Bertz CT molecular complexity index is 920. The normalized spacial score (nSPS) is 16.7. The molecule has 3 heterocycles. The van der Waals surface area contributed by atoms with Crippen LogP contribution in [0.15, 0.2) is 53.1 Å². The SMILES string of the molecule is c1ccc(-c2noc(N3CCN(Cc4ccc5c(c4)OCO5)CC3)n2)cc1. The van der Waals surface area contributed by atoms with E-state index >= 15 is 0 Å². The monoisotopic (exact) mass is 364 g/mol. The van der Waals surface area contributed by atoms with Gasteiger partial charge in [-0.3, -0.25) is 4.90 Å². The van der Waals surface area contributed by atoms with E-state index < -0.39 is 0 Å². The molecule has 7 heteroatoms. The summed E-state index contributed by atoms with van der Waals surface area (Å²) in [7, 11) is 0. The first-order valence-corrected chi connectivity index (χ1v) is 9.10. The van der Waals surface area contributed by atoms with E-state index in [4.69, 9.17) is 14.0 Å². The molecule has 0 amide bonds. The molecule has 2 aromatic carbocycles. The summed E-state index contributed by atoms with van der Waals surface area (Å²) < 4.78 is 16.3. The summed E-state index contributed by atoms with van der Waals surface area (Å²) in [6, 6.07) is 16.6. The van der Waals surface area contributed by atoms with Gasteiger partial charge in [-0.1, -0.05) is 41.6 Å². The maximum Gasteiger partial charge on any atom is 0.324 e. The highest BCUT2D eigenvalue weighted by Crippen LogP contribution is 2.33. The minimum Gasteiger partial charge on any atom is -0.454 e. The van der Waals surface area contributed by atoms with E-state index in [2.05, 4.69) is 32.1 Å². The van der Waals surface area contributed by atoms with Crippen molar-refractivity contribution >= 4 is 6.01 Å². The van der Waals surface area contributed by atoms with E-state index in [1.165, 1.54) is 5.56 Å². The number of piperazine rings is 1. The molecule has 7 nitrogen and oxygen atoms in total. The zero-order valence-electron chi connectivity index (χ0n) is 14.9. The fourth-order valence-electron chi connectivity index (χ4n) is 3.44. The van der Waals surface area contributed by atoms with Gasteiger partial charge in [0.25, 0.3) is 0 Å². The number of hydrogen-bond donors (Lipinski definition) is 0. The Kier molecular flexibility index (Phi) is 4.14. The molecule has 2 aliphatic rings. The summed E-state index contributed by atoms with van der Waals surface area (Å²) in [5.74, 6) is 2.30. The fraction of sp³-hybridized carbons (Fsp3) is 0.300. The summed E-state index contributed by atoms with van der Waals surface area (Å²) in [4.78, 5) is 9.12. The smallest absolute Gasteiger partial charge is 0.324 e. The van der Waals surface area contributed by atoms with Crippen LogP contribution in [-0.4, -0.2) is 48.0 Å². The van der Waals surface area contributed by atoms with Crippen LogP contribution in [-0.2, 0) is 6.54 Å². The zero-order valence-corrected chi connectivity index (χ0v) is 14.9. The average Bonchev–Trinajstić information content (AvgIpc) is 3.39. The lowest BCUT2D eigenvalue weighted by atomic mass is 10.1. The number of ether oxygens (including phenoxy) is 2. The second-order valence-corrected chi connectivity index (χ2v) is 6.72. The van der Waals surface area contributed by atoms with Crippen LogP contribution < -0.4 is 14.4 Å². The van der Waals surface area contributed by atoms with Crippen molar-refractivity contribution in [1.29, 1.82) is 0 Å². The molecule has 0 aliphatic carbocycles. The van der Waals surface area contributed by atoms with Crippen molar-refractivity contribution < 1.29 is 14.0 Å². The fourth-order valence-corrected chi connectivity index (χ4v) is 3.44. The highest BCUT2D eigenvalue weighted by atomic mass is 16.7. The van der Waals surface area contributed by atoms with Crippen molar-refractivity contribution in [2.45, 2.75) is 6.54 Å². The molecule has 27 heavy (non-hydrogen) atoms. The van der Waals surface area contributed by atoms with Crippen molar-refractivity contribution in [3.63, 3.8) is 0 Å². The van der Waals surface area contributed by atoms with Gasteiger partial charge in [0.2, 0.25) is 12.6 Å². The summed E-state index contributed by atoms with van der Waals surface area (Å²) in [6.07, 6.45) is 0. The molecule has 0 N–H and O–H groups in total. The van der Waals surface area contributed by atoms with Gasteiger partial charge in [0.15, 0.2) is 11.5 Å². The van der Waals surface area contributed by atoms with E-state index in [0.29, 0.717) is 18.6 Å². The van der Waals surface area contributed by atoms with Gasteiger partial charge in [0.1, 0.15) is 0 Å². The molecule has 0 spiro atoms. The largest absolute Gasteiger partial charge is 0.454 e. The van der Waals surface area contributed by atoms with Gasteiger partial charge < -0.3 is 18.9 Å². The first-order valence-electron chi connectivity index (χ1n) is 9.10. The molecule has 1 aromatic heterocycles. The number of nitrogens with zero attached hydrogens (tertiary/aromatic N) is 4. The van der Waals surface area contributed by atoms with Crippen molar-refractivity contribution in [1.82, 2.24) is 15.0 Å². The van der Waals surface area contributed by atoms with Gasteiger partial charge in [0, 0.05) is 38.3 Å². The first kappa shape index (κ1) is 16.1. The molecule has 0 atom stereocenters. The lowest BCUT2D eigenvalue weighted by Gasteiger charge is -2.33. The van der Waals surface area contributed by atoms with Gasteiger partial charge in [-0.05, 0) is 17.7 Å². The van der Waals surface area contributed by atoms with Crippen molar-refractivity contribution in [3.8, 4) is 22.9 Å². The minimum atomic E-state index is 0.312. The molecular weight excluding hydrogens is 344 g/mol. The van der Waals surface area contributed by atoms with Crippen LogP contribution in [0.4, 0.5) is 6.01 Å². The van der Waals surface area contributed by atoms with Crippen LogP contribution >= 0.6 is 0 Å². The van der Waals surface area contributed by atoms with Crippen molar-refractivity contribution in [3.05, 3.63) is 54.1 Å². The maximum absolute atomic E-state index is 5.48. The summed E-state index contributed by atoms with van der Waals surface area (Å²) in [6.45, 7) is 4.81. The predicted molar refractivity (Wildman–Crippen MR) is 99.8 cm³/mol. The van der Waals surface area contributed by atoms with Crippen LogP contribution in [0.1, 0.15) is 5.56 Å². The zero-order chi connectivity index (χ0) is 18.1. The molecule has 0 unspecified atom stereocenters. The van der Waals surface area contributed by atoms with E-state index in [9.17, 15) is 0 Å². The van der Waals surface area contributed by atoms with E-state index in [1.807, 2.05) is 36.4 Å². The van der Waals surface area contributed by atoms with E-state index in [-0.39, 0.29) is 0 Å². The van der Waals surface area contributed by atoms with Gasteiger partial charge in [-0.15, -0.1) is 0 Å². The average molecular weight is 364 g/mol. The van der Waals surface area contributed by atoms with Gasteiger partial charge >= 0.3 is 6.01 Å². The first-order chi connectivity index (χ1) is 13.3. The van der Waals surface area contributed by atoms with E-state index in [1.54, 1.807) is 0 Å². The van der Waals surface area contributed by atoms with Crippen LogP contribution in [0, 0.1) is 0 Å². The van der Waals surface area contributed by atoms with Crippen LogP contribution in [0.3, 0.4) is 0 Å².